The lowest BCUT2D eigenvalue weighted by Crippen LogP contribution is -2.42. The molecule has 0 aliphatic carbocycles. The summed E-state index contributed by atoms with van der Waals surface area (Å²) in [4.78, 5) is 0.0201. The van der Waals surface area contributed by atoms with Gasteiger partial charge in [-0.2, -0.15) is 5.26 Å². The first-order chi connectivity index (χ1) is 9.03. The van der Waals surface area contributed by atoms with Crippen LogP contribution in [-0.2, 0) is 10.0 Å². The van der Waals surface area contributed by atoms with Crippen molar-refractivity contribution in [2.24, 2.45) is 0 Å². The van der Waals surface area contributed by atoms with E-state index >= 15 is 0 Å². The maximum absolute atomic E-state index is 12.2. The van der Waals surface area contributed by atoms with Crippen molar-refractivity contribution in [2.45, 2.75) is 23.8 Å². The minimum atomic E-state index is -3.63. The Hall–Kier alpha value is -0.840. The van der Waals surface area contributed by atoms with Gasteiger partial charge in [0.2, 0.25) is 10.0 Å². The smallest absolute Gasteiger partial charge is 0.242 e. The van der Waals surface area contributed by atoms with Crippen LogP contribution in [0.15, 0.2) is 23.1 Å². The van der Waals surface area contributed by atoms with E-state index in [0.717, 1.165) is 25.9 Å². The highest BCUT2D eigenvalue weighted by atomic mass is 35.5. The zero-order valence-electron chi connectivity index (χ0n) is 10.6. The highest BCUT2D eigenvalue weighted by Gasteiger charge is 2.23. The van der Waals surface area contributed by atoms with Gasteiger partial charge in [-0.3, -0.25) is 0 Å². The Morgan fingerprint density at radius 3 is 2.55 bits per heavy atom. The Labute approximate surface area is 129 Å². The minimum absolute atomic E-state index is 0. The Balaban J connectivity index is 0.00000200. The second-order valence-corrected chi connectivity index (χ2v) is 6.49. The number of hydrogen-bond donors (Lipinski definition) is 2. The van der Waals surface area contributed by atoms with Crippen LogP contribution in [0.3, 0.4) is 0 Å². The fourth-order valence-electron chi connectivity index (χ4n) is 2.01. The van der Waals surface area contributed by atoms with Crippen molar-refractivity contribution in [1.29, 1.82) is 5.26 Å². The number of halogens is 2. The van der Waals surface area contributed by atoms with E-state index in [9.17, 15) is 8.42 Å². The first-order valence-electron chi connectivity index (χ1n) is 5.95. The Bertz CT molecular complexity index is 608. The molecular weight excluding hydrogens is 321 g/mol. The predicted octanol–water partition coefficient (Wildman–Crippen LogP) is 1.66. The van der Waals surface area contributed by atoms with Crippen molar-refractivity contribution in [1.82, 2.24) is 10.0 Å². The standard InChI is InChI=1S/C12H14ClN3O2S.ClH/c13-11-7-9(8-14)1-2-12(11)19(17,18)16-10-3-5-15-6-4-10;/h1-2,7,10,15-16H,3-6H2;1H. The molecule has 0 radical (unpaired) electrons. The van der Waals surface area contributed by atoms with Gasteiger partial charge in [-0.25, -0.2) is 13.1 Å². The molecule has 0 amide bonds. The van der Waals surface area contributed by atoms with E-state index in [1.807, 2.05) is 6.07 Å². The lowest BCUT2D eigenvalue weighted by atomic mass is 10.1. The van der Waals surface area contributed by atoms with E-state index < -0.39 is 10.0 Å². The molecule has 1 aromatic rings. The minimum Gasteiger partial charge on any atom is -0.317 e. The molecule has 0 unspecified atom stereocenters. The number of nitriles is 1. The maximum atomic E-state index is 12.2. The molecule has 110 valence electrons. The molecule has 1 aromatic carbocycles. The number of piperidine rings is 1. The molecule has 2 N–H and O–H groups in total. The normalized spacial score (nSPS) is 16.2. The van der Waals surface area contributed by atoms with Gasteiger partial charge in [-0.15, -0.1) is 12.4 Å². The number of nitrogens with zero attached hydrogens (tertiary/aromatic N) is 1. The number of benzene rings is 1. The molecule has 8 heteroatoms. The van der Waals surface area contributed by atoms with Gasteiger partial charge >= 0.3 is 0 Å². The van der Waals surface area contributed by atoms with Crippen LogP contribution in [-0.4, -0.2) is 27.5 Å². The maximum Gasteiger partial charge on any atom is 0.242 e. The van der Waals surface area contributed by atoms with Crippen molar-refractivity contribution < 1.29 is 8.42 Å². The van der Waals surface area contributed by atoms with E-state index in [1.54, 1.807) is 0 Å². The van der Waals surface area contributed by atoms with Crippen LogP contribution in [0, 0.1) is 11.3 Å². The molecular formula is C12H15Cl2N3O2S. The third kappa shape index (κ3) is 4.08. The molecule has 0 aromatic heterocycles. The van der Waals surface area contributed by atoms with E-state index in [0.29, 0.717) is 5.56 Å². The second kappa shape index (κ2) is 7.25. The Kier molecular flexibility index (Phi) is 6.24. The zero-order valence-corrected chi connectivity index (χ0v) is 13.0. The molecule has 0 bridgehead atoms. The van der Waals surface area contributed by atoms with Crippen molar-refractivity contribution in [3.63, 3.8) is 0 Å². The van der Waals surface area contributed by atoms with E-state index in [-0.39, 0.29) is 28.4 Å². The van der Waals surface area contributed by atoms with Gasteiger partial charge in [-0.1, -0.05) is 11.6 Å². The second-order valence-electron chi connectivity index (χ2n) is 4.40. The summed E-state index contributed by atoms with van der Waals surface area (Å²) in [5.41, 5.74) is 0.339. The van der Waals surface area contributed by atoms with E-state index in [1.165, 1.54) is 18.2 Å². The van der Waals surface area contributed by atoms with Crippen LogP contribution in [0.5, 0.6) is 0 Å². The highest BCUT2D eigenvalue weighted by molar-refractivity contribution is 7.89. The summed E-state index contributed by atoms with van der Waals surface area (Å²) >= 11 is 5.93. The first-order valence-corrected chi connectivity index (χ1v) is 7.82. The van der Waals surface area contributed by atoms with E-state index in [2.05, 4.69) is 10.0 Å². The largest absolute Gasteiger partial charge is 0.317 e. The number of sulfonamides is 1. The fraction of sp³-hybridized carbons (Fsp3) is 0.417. The lowest BCUT2D eigenvalue weighted by molar-refractivity contribution is 0.427. The van der Waals surface area contributed by atoms with Gasteiger partial charge in [-0.05, 0) is 44.1 Å². The number of hydrogen-bond acceptors (Lipinski definition) is 4. The van der Waals surface area contributed by atoms with Gasteiger partial charge in [0.05, 0.1) is 16.7 Å². The molecule has 1 aliphatic heterocycles. The fourth-order valence-corrected chi connectivity index (χ4v) is 3.86. The molecule has 2 rings (SSSR count). The first kappa shape index (κ1) is 17.2. The summed E-state index contributed by atoms with van der Waals surface area (Å²) < 4.78 is 27.1. The third-order valence-corrected chi connectivity index (χ3v) is 5.01. The Morgan fingerprint density at radius 2 is 2.00 bits per heavy atom. The van der Waals surface area contributed by atoms with Crippen LogP contribution in [0.2, 0.25) is 5.02 Å². The Morgan fingerprint density at radius 1 is 1.35 bits per heavy atom. The average Bonchev–Trinajstić information content (AvgIpc) is 2.38. The van der Waals surface area contributed by atoms with Gasteiger partial charge < -0.3 is 5.32 Å². The molecule has 5 nitrogen and oxygen atoms in total. The van der Waals surface area contributed by atoms with Crippen molar-refractivity contribution >= 4 is 34.0 Å². The van der Waals surface area contributed by atoms with Crippen molar-refractivity contribution in [3.05, 3.63) is 28.8 Å². The summed E-state index contributed by atoms with van der Waals surface area (Å²) in [5, 5.41) is 12.0. The molecule has 1 saturated heterocycles. The van der Waals surface area contributed by atoms with Crippen LogP contribution in [0.4, 0.5) is 0 Å². The summed E-state index contributed by atoms with van der Waals surface area (Å²) in [6.07, 6.45) is 1.51. The van der Waals surface area contributed by atoms with Gasteiger partial charge in [0, 0.05) is 6.04 Å². The molecule has 0 saturated carbocycles. The van der Waals surface area contributed by atoms with Crippen molar-refractivity contribution in [2.75, 3.05) is 13.1 Å². The van der Waals surface area contributed by atoms with Gasteiger partial charge in [0.15, 0.2) is 0 Å². The summed E-state index contributed by atoms with van der Waals surface area (Å²) in [6.45, 7) is 1.60. The quantitative estimate of drug-likeness (QED) is 0.880. The molecule has 1 fully saturated rings. The predicted molar refractivity (Wildman–Crippen MR) is 79.6 cm³/mol. The third-order valence-electron chi connectivity index (χ3n) is 3.01. The van der Waals surface area contributed by atoms with Crippen LogP contribution in [0.25, 0.3) is 0 Å². The molecule has 0 spiro atoms. The van der Waals surface area contributed by atoms with Crippen LogP contribution < -0.4 is 10.0 Å². The lowest BCUT2D eigenvalue weighted by Gasteiger charge is -2.23. The molecule has 1 heterocycles. The van der Waals surface area contributed by atoms with Gasteiger partial charge in [0.25, 0.3) is 0 Å². The van der Waals surface area contributed by atoms with Gasteiger partial charge in [0.1, 0.15) is 4.90 Å². The summed E-state index contributed by atoms with van der Waals surface area (Å²) in [7, 11) is -3.63. The topological polar surface area (TPSA) is 82.0 Å². The van der Waals surface area contributed by atoms with E-state index in [4.69, 9.17) is 16.9 Å². The monoisotopic (exact) mass is 335 g/mol. The SMILES string of the molecule is Cl.N#Cc1ccc(S(=O)(=O)NC2CCNCC2)c(Cl)c1. The highest BCUT2D eigenvalue weighted by Crippen LogP contribution is 2.23. The molecule has 1 aliphatic rings. The summed E-state index contributed by atoms with van der Waals surface area (Å²) in [6, 6.07) is 6.02. The van der Waals surface area contributed by atoms with Crippen LogP contribution >= 0.6 is 24.0 Å². The average molecular weight is 336 g/mol. The molecule has 0 atom stereocenters. The number of rotatable bonds is 3. The van der Waals surface area contributed by atoms with Crippen LogP contribution in [0.1, 0.15) is 18.4 Å². The van der Waals surface area contributed by atoms with Crippen molar-refractivity contribution in [3.8, 4) is 6.07 Å². The number of nitrogens with one attached hydrogen (secondary N) is 2. The zero-order chi connectivity index (χ0) is 13.9. The summed E-state index contributed by atoms with van der Waals surface area (Å²) in [5.74, 6) is 0. The molecule has 20 heavy (non-hydrogen) atoms.